The van der Waals surface area contributed by atoms with E-state index in [9.17, 15) is 0 Å². The topological polar surface area (TPSA) is 24.9 Å². The summed E-state index contributed by atoms with van der Waals surface area (Å²) < 4.78 is 0. The summed E-state index contributed by atoms with van der Waals surface area (Å²) in [6.07, 6.45) is 6.59. The van der Waals surface area contributed by atoms with E-state index in [-0.39, 0.29) is 0 Å². The number of hydrogen-bond donors (Lipinski definition) is 1. The second-order valence-electron chi connectivity index (χ2n) is 4.21. The summed E-state index contributed by atoms with van der Waals surface area (Å²) >= 11 is 0. The standard InChI is InChI=1S/C14H14N2/c1-2-4-13-9-16-14(7-12(13)3-1)10-15-8-11-5-6-11/h1-4,7-9,15H,5-6,10H2. The Morgan fingerprint density at radius 2 is 2.00 bits per heavy atom. The zero-order valence-electron chi connectivity index (χ0n) is 9.11. The lowest BCUT2D eigenvalue weighted by atomic mass is 10.1. The van der Waals surface area contributed by atoms with Gasteiger partial charge in [-0.3, -0.25) is 4.98 Å². The fourth-order valence-electron chi connectivity index (χ4n) is 1.74. The van der Waals surface area contributed by atoms with Crippen LogP contribution in [0.1, 0.15) is 18.5 Å². The molecule has 1 saturated carbocycles. The highest BCUT2D eigenvalue weighted by Crippen LogP contribution is 2.26. The highest BCUT2D eigenvalue weighted by atomic mass is 14.9. The van der Waals surface area contributed by atoms with Crippen LogP contribution >= 0.6 is 0 Å². The molecule has 0 radical (unpaired) electrons. The summed E-state index contributed by atoms with van der Waals surface area (Å²) in [5, 5.41) is 5.76. The van der Waals surface area contributed by atoms with E-state index in [1.807, 2.05) is 12.3 Å². The van der Waals surface area contributed by atoms with Gasteiger partial charge >= 0.3 is 0 Å². The number of rotatable bonds is 3. The van der Waals surface area contributed by atoms with Crippen LogP contribution in [0.4, 0.5) is 0 Å². The molecule has 0 spiro atoms. The minimum Gasteiger partial charge on any atom is -0.385 e. The number of hydrogen-bond acceptors (Lipinski definition) is 2. The normalized spacial score (nSPS) is 13.9. The van der Waals surface area contributed by atoms with E-state index in [1.165, 1.54) is 29.2 Å². The Morgan fingerprint density at radius 3 is 2.81 bits per heavy atom. The van der Waals surface area contributed by atoms with Crippen LogP contribution in [0, 0.1) is 0 Å². The Kier molecular flexibility index (Phi) is 2.33. The summed E-state index contributed by atoms with van der Waals surface area (Å²) in [5.74, 6) is 0. The average molecular weight is 210 g/mol. The maximum absolute atomic E-state index is 4.43. The van der Waals surface area contributed by atoms with Crippen LogP contribution < -0.4 is 5.32 Å². The summed E-state index contributed by atoms with van der Waals surface area (Å²) in [6.45, 7) is 0.814. The molecule has 2 aromatic rings. The molecule has 1 aromatic carbocycles. The molecule has 1 aromatic heterocycles. The molecule has 0 unspecified atom stereocenters. The molecule has 1 fully saturated rings. The van der Waals surface area contributed by atoms with E-state index >= 15 is 0 Å². The van der Waals surface area contributed by atoms with Gasteiger partial charge < -0.3 is 5.32 Å². The zero-order valence-corrected chi connectivity index (χ0v) is 9.11. The molecule has 16 heavy (non-hydrogen) atoms. The predicted molar refractivity (Wildman–Crippen MR) is 65.9 cm³/mol. The van der Waals surface area contributed by atoms with Gasteiger partial charge in [-0.1, -0.05) is 29.8 Å². The van der Waals surface area contributed by atoms with E-state index in [2.05, 4.69) is 40.8 Å². The lowest BCUT2D eigenvalue weighted by molar-refractivity contribution is 0.836. The molecule has 0 atom stereocenters. The van der Waals surface area contributed by atoms with Gasteiger partial charge in [0.1, 0.15) is 0 Å². The van der Waals surface area contributed by atoms with Crippen LogP contribution in [0.2, 0.25) is 0 Å². The average Bonchev–Trinajstić information content (AvgIpc) is 3.13. The van der Waals surface area contributed by atoms with Crippen molar-refractivity contribution in [2.24, 2.45) is 0 Å². The van der Waals surface area contributed by atoms with E-state index < -0.39 is 0 Å². The lowest BCUT2D eigenvalue weighted by Crippen LogP contribution is -2.05. The fraction of sp³-hybridized carbons (Fsp3) is 0.214. The number of pyridine rings is 1. The quantitative estimate of drug-likeness (QED) is 0.842. The van der Waals surface area contributed by atoms with Crippen LogP contribution in [-0.2, 0) is 6.54 Å². The van der Waals surface area contributed by atoms with Gasteiger partial charge in [-0.25, -0.2) is 0 Å². The number of allylic oxidation sites excluding steroid dienone is 1. The predicted octanol–water partition coefficient (Wildman–Crippen LogP) is 3.00. The minimum absolute atomic E-state index is 0.814. The van der Waals surface area contributed by atoms with E-state index in [0.29, 0.717) is 0 Å². The summed E-state index contributed by atoms with van der Waals surface area (Å²) in [4.78, 5) is 4.43. The highest BCUT2D eigenvalue weighted by molar-refractivity contribution is 5.81. The third-order valence-electron chi connectivity index (χ3n) is 2.82. The maximum Gasteiger partial charge on any atom is 0.0600 e. The molecular formula is C14H14N2. The van der Waals surface area contributed by atoms with Gasteiger partial charge in [0.2, 0.25) is 0 Å². The van der Waals surface area contributed by atoms with Crippen LogP contribution in [0.25, 0.3) is 10.8 Å². The zero-order chi connectivity index (χ0) is 10.8. The van der Waals surface area contributed by atoms with E-state index in [4.69, 9.17) is 0 Å². The molecule has 3 rings (SSSR count). The SMILES string of the molecule is C(NCc1cc2ccccc2cn1)=C1CC1. The molecule has 1 aliphatic carbocycles. The third kappa shape index (κ3) is 2.06. The minimum atomic E-state index is 0.814. The first-order chi connectivity index (χ1) is 7.92. The molecular weight excluding hydrogens is 196 g/mol. The van der Waals surface area contributed by atoms with Gasteiger partial charge in [0.05, 0.1) is 12.2 Å². The van der Waals surface area contributed by atoms with Crippen molar-refractivity contribution < 1.29 is 0 Å². The van der Waals surface area contributed by atoms with Crippen LogP contribution in [0.5, 0.6) is 0 Å². The molecule has 0 saturated heterocycles. The second kappa shape index (κ2) is 3.97. The molecule has 0 amide bonds. The molecule has 80 valence electrons. The van der Waals surface area contributed by atoms with Crippen molar-refractivity contribution in [2.75, 3.05) is 0 Å². The first-order valence-electron chi connectivity index (χ1n) is 5.67. The van der Waals surface area contributed by atoms with Crippen molar-refractivity contribution in [1.82, 2.24) is 10.3 Å². The van der Waals surface area contributed by atoms with Crippen molar-refractivity contribution >= 4 is 10.8 Å². The molecule has 1 heterocycles. The molecule has 2 heteroatoms. The van der Waals surface area contributed by atoms with Crippen molar-refractivity contribution in [3.05, 3.63) is 54.0 Å². The first-order valence-corrected chi connectivity index (χ1v) is 5.67. The van der Waals surface area contributed by atoms with Gasteiger partial charge in [-0.2, -0.15) is 0 Å². The Hall–Kier alpha value is -1.83. The van der Waals surface area contributed by atoms with Gasteiger partial charge in [-0.15, -0.1) is 0 Å². The van der Waals surface area contributed by atoms with Gasteiger partial charge in [0.25, 0.3) is 0 Å². The molecule has 1 aliphatic rings. The van der Waals surface area contributed by atoms with Gasteiger partial charge in [0, 0.05) is 11.6 Å². The first kappa shape index (κ1) is 9.40. The smallest absolute Gasteiger partial charge is 0.0600 e. The van der Waals surface area contributed by atoms with Crippen molar-refractivity contribution in [3.63, 3.8) is 0 Å². The van der Waals surface area contributed by atoms with Crippen molar-refractivity contribution in [1.29, 1.82) is 0 Å². The molecule has 0 bridgehead atoms. The highest BCUT2D eigenvalue weighted by Gasteiger charge is 2.09. The van der Waals surface area contributed by atoms with E-state index in [0.717, 1.165) is 12.2 Å². The molecule has 2 nitrogen and oxygen atoms in total. The van der Waals surface area contributed by atoms with Gasteiger partial charge in [-0.05, 0) is 30.5 Å². The Balaban J connectivity index is 1.78. The number of aromatic nitrogens is 1. The molecule has 1 N–H and O–H groups in total. The Labute approximate surface area is 95.0 Å². The fourth-order valence-corrected chi connectivity index (χ4v) is 1.74. The number of nitrogens with zero attached hydrogens (tertiary/aromatic N) is 1. The number of nitrogens with one attached hydrogen (secondary N) is 1. The van der Waals surface area contributed by atoms with Crippen LogP contribution in [0.3, 0.4) is 0 Å². The summed E-state index contributed by atoms with van der Waals surface area (Å²) in [5.41, 5.74) is 2.61. The number of benzene rings is 1. The number of fused-ring (bicyclic) bond motifs is 1. The Bertz CT molecular complexity index is 537. The monoisotopic (exact) mass is 210 g/mol. The molecule has 0 aliphatic heterocycles. The summed E-state index contributed by atoms with van der Waals surface area (Å²) in [7, 11) is 0. The van der Waals surface area contributed by atoms with Gasteiger partial charge in [0.15, 0.2) is 0 Å². The van der Waals surface area contributed by atoms with Crippen LogP contribution in [-0.4, -0.2) is 4.98 Å². The van der Waals surface area contributed by atoms with Crippen molar-refractivity contribution in [2.45, 2.75) is 19.4 Å². The second-order valence-corrected chi connectivity index (χ2v) is 4.21. The van der Waals surface area contributed by atoms with Crippen molar-refractivity contribution in [3.8, 4) is 0 Å². The van der Waals surface area contributed by atoms with E-state index in [1.54, 1.807) is 0 Å². The lowest BCUT2D eigenvalue weighted by Gasteiger charge is -2.02. The summed E-state index contributed by atoms with van der Waals surface area (Å²) in [6, 6.07) is 10.5. The maximum atomic E-state index is 4.43. The van der Waals surface area contributed by atoms with Crippen LogP contribution in [0.15, 0.2) is 48.3 Å². The largest absolute Gasteiger partial charge is 0.385 e. The Morgan fingerprint density at radius 1 is 1.19 bits per heavy atom. The third-order valence-corrected chi connectivity index (χ3v) is 2.82.